The fourth-order valence-corrected chi connectivity index (χ4v) is 1.95. The van der Waals surface area contributed by atoms with Gasteiger partial charge < -0.3 is 14.2 Å². The zero-order valence-corrected chi connectivity index (χ0v) is 13.2. The summed E-state index contributed by atoms with van der Waals surface area (Å²) in [6.45, 7) is 2.76. The van der Waals surface area contributed by atoms with Crippen LogP contribution in [0.3, 0.4) is 0 Å². The zero-order valence-electron chi connectivity index (χ0n) is 13.2. The summed E-state index contributed by atoms with van der Waals surface area (Å²) < 4.78 is 15.6. The maximum atomic E-state index is 11.5. The number of ether oxygens (including phenoxy) is 3. The summed E-state index contributed by atoms with van der Waals surface area (Å²) in [5.74, 6) is -1.30. The van der Waals surface area contributed by atoms with Gasteiger partial charge >= 0.3 is 17.6 Å². The standard InChI is InChI=1S/C13H19N3O7/c1-4-23-6-5-15-10(8-12(18)22-3)13(16(19)20)9(14-15)7-11(17)21-2/h4-8H2,1-3H3. The quantitative estimate of drug-likeness (QED) is 0.273. The molecule has 0 saturated heterocycles. The van der Waals surface area contributed by atoms with Gasteiger partial charge in [-0.05, 0) is 6.92 Å². The van der Waals surface area contributed by atoms with Gasteiger partial charge in [0.05, 0.1) is 45.1 Å². The van der Waals surface area contributed by atoms with Gasteiger partial charge in [-0.3, -0.25) is 24.4 Å². The van der Waals surface area contributed by atoms with E-state index in [4.69, 9.17) is 4.74 Å². The van der Waals surface area contributed by atoms with Crippen molar-refractivity contribution in [2.24, 2.45) is 0 Å². The van der Waals surface area contributed by atoms with Crippen LogP contribution in [-0.2, 0) is 43.2 Å². The molecule has 0 atom stereocenters. The molecule has 0 aliphatic rings. The second kappa shape index (κ2) is 8.83. The molecule has 0 aromatic carbocycles. The number of methoxy groups -OCH3 is 2. The lowest BCUT2D eigenvalue weighted by molar-refractivity contribution is -0.386. The van der Waals surface area contributed by atoms with Crippen LogP contribution in [0.4, 0.5) is 5.69 Å². The van der Waals surface area contributed by atoms with Crippen molar-refractivity contribution >= 4 is 17.6 Å². The molecule has 0 spiro atoms. The maximum Gasteiger partial charge on any atom is 0.314 e. The summed E-state index contributed by atoms with van der Waals surface area (Å²) in [5, 5.41) is 15.4. The van der Waals surface area contributed by atoms with Crippen LogP contribution in [0.15, 0.2) is 0 Å². The molecule has 0 N–H and O–H groups in total. The Labute approximate surface area is 132 Å². The van der Waals surface area contributed by atoms with E-state index in [0.29, 0.717) is 6.61 Å². The highest BCUT2D eigenvalue weighted by Crippen LogP contribution is 2.25. The minimum atomic E-state index is -0.666. The smallest absolute Gasteiger partial charge is 0.314 e. The number of esters is 2. The van der Waals surface area contributed by atoms with Crippen molar-refractivity contribution < 1.29 is 28.7 Å². The zero-order chi connectivity index (χ0) is 17.4. The molecule has 10 heteroatoms. The highest BCUT2D eigenvalue weighted by atomic mass is 16.6. The number of carbonyl (C=O) groups excluding carboxylic acids is 2. The van der Waals surface area contributed by atoms with Crippen LogP contribution < -0.4 is 0 Å². The lowest BCUT2D eigenvalue weighted by atomic mass is 10.2. The first-order chi connectivity index (χ1) is 10.9. The molecule has 0 unspecified atom stereocenters. The molecule has 0 bridgehead atoms. The summed E-state index contributed by atoms with van der Waals surface area (Å²) >= 11 is 0. The lowest BCUT2D eigenvalue weighted by Gasteiger charge is -2.06. The normalized spacial score (nSPS) is 10.4. The summed E-state index contributed by atoms with van der Waals surface area (Å²) in [7, 11) is 2.36. The van der Waals surface area contributed by atoms with E-state index in [1.54, 1.807) is 0 Å². The van der Waals surface area contributed by atoms with Gasteiger partial charge in [0.25, 0.3) is 0 Å². The molecule has 0 saturated carbocycles. The van der Waals surface area contributed by atoms with Gasteiger partial charge in [-0.25, -0.2) is 0 Å². The Morgan fingerprint density at radius 3 is 2.35 bits per heavy atom. The molecule has 10 nitrogen and oxygen atoms in total. The van der Waals surface area contributed by atoms with Gasteiger partial charge in [-0.1, -0.05) is 0 Å². The fraction of sp³-hybridized carbons (Fsp3) is 0.615. The molecule has 23 heavy (non-hydrogen) atoms. The first kappa shape index (κ1) is 18.6. The second-order valence-corrected chi connectivity index (χ2v) is 4.42. The van der Waals surface area contributed by atoms with E-state index in [2.05, 4.69) is 14.6 Å². The predicted molar refractivity (Wildman–Crippen MR) is 76.8 cm³/mol. The number of hydrogen-bond donors (Lipinski definition) is 0. The average molecular weight is 329 g/mol. The topological polar surface area (TPSA) is 123 Å². The van der Waals surface area contributed by atoms with E-state index in [-0.39, 0.29) is 43.1 Å². The Kier molecular flexibility index (Phi) is 7.13. The van der Waals surface area contributed by atoms with Crippen molar-refractivity contribution in [3.63, 3.8) is 0 Å². The van der Waals surface area contributed by atoms with Crippen LogP contribution in [0, 0.1) is 10.1 Å². The lowest BCUT2D eigenvalue weighted by Crippen LogP contribution is -2.15. The van der Waals surface area contributed by atoms with Crippen LogP contribution in [0.2, 0.25) is 0 Å². The Morgan fingerprint density at radius 1 is 1.22 bits per heavy atom. The van der Waals surface area contributed by atoms with Gasteiger partial charge in [0.2, 0.25) is 0 Å². The number of nitro groups is 1. The van der Waals surface area contributed by atoms with Crippen molar-refractivity contribution in [1.29, 1.82) is 0 Å². The van der Waals surface area contributed by atoms with Crippen molar-refractivity contribution in [2.75, 3.05) is 27.4 Å². The minimum absolute atomic E-state index is 0.0581. The highest BCUT2D eigenvalue weighted by molar-refractivity contribution is 5.76. The predicted octanol–water partition coefficient (Wildman–Crippen LogP) is 0.259. The first-order valence-electron chi connectivity index (χ1n) is 6.88. The molecule has 0 radical (unpaired) electrons. The monoisotopic (exact) mass is 329 g/mol. The molecule has 0 aliphatic heterocycles. The van der Waals surface area contributed by atoms with Crippen molar-refractivity contribution in [3.8, 4) is 0 Å². The number of hydrogen-bond acceptors (Lipinski definition) is 8. The van der Waals surface area contributed by atoms with E-state index in [0.717, 1.165) is 0 Å². The third kappa shape index (κ3) is 5.02. The number of aromatic nitrogens is 2. The van der Waals surface area contributed by atoms with E-state index >= 15 is 0 Å². The SMILES string of the molecule is CCOCCn1nc(CC(=O)OC)c([N+](=O)[O-])c1CC(=O)OC. The van der Waals surface area contributed by atoms with Crippen LogP contribution >= 0.6 is 0 Å². The van der Waals surface area contributed by atoms with E-state index in [1.165, 1.54) is 18.9 Å². The summed E-state index contributed by atoms with van der Waals surface area (Å²) in [5.41, 5.74) is -0.366. The largest absolute Gasteiger partial charge is 0.469 e. The van der Waals surface area contributed by atoms with E-state index < -0.39 is 16.9 Å². The Balaban J connectivity index is 3.23. The second-order valence-electron chi connectivity index (χ2n) is 4.42. The van der Waals surface area contributed by atoms with Crippen molar-refractivity contribution in [1.82, 2.24) is 9.78 Å². The van der Waals surface area contributed by atoms with Gasteiger partial charge in [0.1, 0.15) is 5.69 Å². The molecular weight excluding hydrogens is 310 g/mol. The van der Waals surface area contributed by atoms with Gasteiger partial charge in [-0.2, -0.15) is 5.10 Å². The fourth-order valence-electron chi connectivity index (χ4n) is 1.95. The molecular formula is C13H19N3O7. The molecule has 128 valence electrons. The molecule has 1 aromatic heterocycles. The minimum Gasteiger partial charge on any atom is -0.469 e. The maximum absolute atomic E-state index is 11.5. The number of carbonyl (C=O) groups is 2. The average Bonchev–Trinajstić information content (AvgIpc) is 2.84. The van der Waals surface area contributed by atoms with Crippen LogP contribution in [0.5, 0.6) is 0 Å². The molecule has 1 rings (SSSR count). The van der Waals surface area contributed by atoms with Crippen molar-refractivity contribution in [3.05, 3.63) is 21.5 Å². The van der Waals surface area contributed by atoms with E-state index in [9.17, 15) is 19.7 Å². The molecule has 0 aliphatic carbocycles. The summed E-state index contributed by atoms with van der Waals surface area (Å²) in [6.07, 6.45) is -0.685. The van der Waals surface area contributed by atoms with Crippen LogP contribution in [0.25, 0.3) is 0 Å². The van der Waals surface area contributed by atoms with Gasteiger partial charge in [-0.15, -0.1) is 0 Å². The number of nitrogens with zero attached hydrogens (tertiary/aromatic N) is 3. The third-order valence-corrected chi connectivity index (χ3v) is 3.01. The Morgan fingerprint density at radius 2 is 1.83 bits per heavy atom. The summed E-state index contributed by atoms with van der Waals surface area (Å²) in [6, 6.07) is 0. The Hall–Kier alpha value is -2.49. The first-order valence-corrected chi connectivity index (χ1v) is 6.88. The van der Waals surface area contributed by atoms with E-state index in [1.807, 2.05) is 6.92 Å². The van der Waals surface area contributed by atoms with Gasteiger partial charge in [0.15, 0.2) is 5.69 Å². The van der Waals surface area contributed by atoms with Gasteiger partial charge in [0, 0.05) is 6.61 Å². The Bertz CT molecular complexity index is 582. The highest BCUT2D eigenvalue weighted by Gasteiger charge is 2.30. The third-order valence-electron chi connectivity index (χ3n) is 3.01. The van der Waals surface area contributed by atoms with Crippen LogP contribution in [0.1, 0.15) is 18.3 Å². The summed E-state index contributed by atoms with van der Waals surface area (Å²) in [4.78, 5) is 33.6. The molecule has 1 aromatic rings. The van der Waals surface area contributed by atoms with Crippen LogP contribution in [-0.4, -0.2) is 54.1 Å². The number of rotatable bonds is 9. The van der Waals surface area contributed by atoms with Crippen molar-refractivity contribution in [2.45, 2.75) is 26.3 Å². The molecule has 0 amide bonds. The molecule has 0 fully saturated rings. The molecule has 1 heterocycles.